The number of carbonyl (C=O) groups is 4. The van der Waals surface area contributed by atoms with Gasteiger partial charge in [-0.15, -0.1) is 0 Å². The molecule has 0 aliphatic carbocycles. The smallest absolute Gasteiger partial charge is 0.481 e. The Bertz CT molecular complexity index is 431. The number of phosphoric acid groups is 1. The van der Waals surface area contributed by atoms with Gasteiger partial charge in [0.05, 0.1) is 6.42 Å². The molecule has 0 radical (unpaired) electrons. The molecule has 0 fully saturated rings. The summed E-state index contributed by atoms with van der Waals surface area (Å²) in [5.41, 5.74) is 13.7. The van der Waals surface area contributed by atoms with Crippen molar-refractivity contribution < 1.29 is 47.9 Å². The van der Waals surface area contributed by atoms with Crippen molar-refractivity contribution in [2.24, 2.45) is 17.2 Å². The highest BCUT2D eigenvalue weighted by molar-refractivity contribution is 7.46. The molecule has 9 N–H and O–H groups in total. The molecule has 20 heavy (non-hydrogen) atoms. The lowest BCUT2D eigenvalue weighted by atomic mass is 10.2. The fourth-order valence-corrected chi connectivity index (χ4v) is 0.798. The second-order valence-corrected chi connectivity index (χ2v) is 4.01. The minimum atomic E-state index is -4.70. The van der Waals surface area contributed by atoms with Crippen molar-refractivity contribution in [2.75, 3.05) is 0 Å². The van der Waals surface area contributed by atoms with Crippen molar-refractivity contribution in [3.63, 3.8) is 0 Å². The molecule has 0 saturated carbocycles. The van der Waals surface area contributed by atoms with E-state index in [1.165, 1.54) is 0 Å². The van der Waals surface area contributed by atoms with Gasteiger partial charge < -0.3 is 31.6 Å². The molecule has 1 atom stereocenters. The normalized spacial score (nSPS) is 11.3. The van der Waals surface area contributed by atoms with Crippen LogP contribution in [0.1, 0.15) is 6.42 Å². The lowest BCUT2D eigenvalue weighted by Gasteiger charge is -2.04. The monoisotopic (exact) mass is 317 g/mol. The van der Waals surface area contributed by atoms with Gasteiger partial charge >= 0.3 is 31.9 Å². The molecule has 0 bridgehead atoms. The minimum Gasteiger partial charge on any atom is -0.481 e. The van der Waals surface area contributed by atoms with E-state index in [0.717, 1.165) is 0 Å². The first-order valence-corrected chi connectivity index (χ1v) is 5.91. The van der Waals surface area contributed by atoms with E-state index in [9.17, 15) is 23.7 Å². The fraction of sp³-hybridized carbons (Fsp3) is 0.333. The zero-order valence-corrected chi connectivity index (χ0v) is 10.6. The Labute approximate surface area is 110 Å². The molecule has 0 aliphatic rings. The third-order valence-corrected chi connectivity index (χ3v) is 1.53. The average Bonchev–Trinajstić information content (AvgIpc) is 2.11. The van der Waals surface area contributed by atoms with Gasteiger partial charge in [0.15, 0.2) is 0 Å². The Morgan fingerprint density at radius 1 is 1.10 bits per heavy atom. The van der Waals surface area contributed by atoms with E-state index in [2.05, 4.69) is 20.7 Å². The summed E-state index contributed by atoms with van der Waals surface area (Å²) in [6.07, 6.45) is -3.40. The average molecular weight is 317 g/mol. The lowest BCUT2D eigenvalue weighted by molar-refractivity contribution is -0.145. The number of carboxylic acid groups (broad SMARTS) is 1. The Kier molecular flexibility index (Phi) is 8.87. The molecule has 0 saturated heterocycles. The highest BCUT2D eigenvalue weighted by Gasteiger charge is 2.20. The van der Waals surface area contributed by atoms with Crippen molar-refractivity contribution in [3.8, 4) is 0 Å². The van der Waals surface area contributed by atoms with E-state index < -0.39 is 44.4 Å². The van der Waals surface area contributed by atoms with Crippen molar-refractivity contribution in [1.29, 1.82) is 0 Å². The van der Waals surface area contributed by atoms with Crippen LogP contribution in [-0.4, -0.2) is 45.1 Å². The first-order valence-electron chi connectivity index (χ1n) is 4.38. The molecule has 1 unspecified atom stereocenters. The van der Waals surface area contributed by atoms with Gasteiger partial charge in [0.1, 0.15) is 6.04 Å². The maximum atomic E-state index is 10.6. The van der Waals surface area contributed by atoms with Crippen molar-refractivity contribution in [1.82, 2.24) is 0 Å². The predicted octanol–water partition coefficient (Wildman–Crippen LogP) is -2.42. The number of nitrogens with two attached hydrogens (primary N) is 3. The summed E-state index contributed by atoms with van der Waals surface area (Å²) < 4.78 is 16.7. The van der Waals surface area contributed by atoms with Crippen molar-refractivity contribution in [3.05, 3.63) is 0 Å². The second-order valence-electron chi connectivity index (χ2n) is 2.85. The second kappa shape index (κ2) is 8.82. The molecule has 0 rings (SSSR count). The van der Waals surface area contributed by atoms with Crippen LogP contribution in [0, 0.1) is 0 Å². The molecular formula is C6H12N3O10P. The number of aliphatic carboxylic acids is 1. The summed E-state index contributed by atoms with van der Waals surface area (Å²) in [4.78, 5) is 55.6. The SMILES string of the molecule is NC(=O)OC(=O)C(N)CC(=O)O.NC(=O)OP(=O)(O)O. The Morgan fingerprint density at radius 2 is 1.55 bits per heavy atom. The van der Waals surface area contributed by atoms with Crippen molar-refractivity contribution >= 4 is 31.9 Å². The predicted molar refractivity (Wildman–Crippen MR) is 58.6 cm³/mol. The molecule has 0 heterocycles. The largest absolute Gasteiger partial charge is 0.528 e. The minimum absolute atomic E-state index is 0.605. The summed E-state index contributed by atoms with van der Waals surface area (Å²) in [5.74, 6) is -2.41. The number of amides is 2. The first-order chi connectivity index (χ1) is 8.85. The van der Waals surface area contributed by atoms with Gasteiger partial charge in [-0.2, -0.15) is 0 Å². The van der Waals surface area contributed by atoms with E-state index in [1.54, 1.807) is 0 Å². The zero-order chi connectivity index (χ0) is 16.5. The van der Waals surface area contributed by atoms with Crippen LogP contribution in [0.5, 0.6) is 0 Å². The zero-order valence-electron chi connectivity index (χ0n) is 9.66. The molecule has 14 heteroatoms. The van der Waals surface area contributed by atoms with Gasteiger partial charge in [-0.25, -0.2) is 18.9 Å². The van der Waals surface area contributed by atoms with Crippen LogP contribution in [0.3, 0.4) is 0 Å². The van der Waals surface area contributed by atoms with E-state index in [0.29, 0.717) is 0 Å². The van der Waals surface area contributed by atoms with Crippen LogP contribution in [0.4, 0.5) is 9.59 Å². The highest BCUT2D eigenvalue weighted by Crippen LogP contribution is 2.35. The van der Waals surface area contributed by atoms with E-state index >= 15 is 0 Å². The van der Waals surface area contributed by atoms with E-state index in [-0.39, 0.29) is 0 Å². The molecule has 0 aromatic carbocycles. The molecule has 0 aromatic heterocycles. The molecule has 116 valence electrons. The number of carbonyl (C=O) groups excluding carboxylic acids is 3. The van der Waals surface area contributed by atoms with Crippen LogP contribution in [0.15, 0.2) is 0 Å². The standard InChI is InChI=1S/C5H8N2O5.CH4NO5P/c6-2(1-3(8)9)4(10)12-5(7)11;2-1(3)7-8(4,5)6/h2H,1,6H2,(H2,7,11)(H,8,9);(H2,2,3)(H2,4,5,6). The number of carboxylic acids is 1. The Balaban J connectivity index is 0. The van der Waals surface area contributed by atoms with Crippen LogP contribution < -0.4 is 17.2 Å². The maximum absolute atomic E-state index is 10.6. The summed E-state index contributed by atoms with van der Waals surface area (Å²) in [7, 11) is -4.70. The fourth-order valence-electron chi connectivity index (χ4n) is 0.563. The molecule has 2 amide bonds. The number of phosphoric ester groups is 1. The summed E-state index contributed by atoms with van der Waals surface area (Å²) in [6.45, 7) is 0. The number of primary amides is 2. The van der Waals surface area contributed by atoms with Gasteiger partial charge in [-0.3, -0.25) is 14.6 Å². The molecule has 0 aromatic rings. The third kappa shape index (κ3) is 15.8. The van der Waals surface area contributed by atoms with E-state index in [4.69, 9.17) is 20.6 Å². The molecule has 0 spiro atoms. The van der Waals surface area contributed by atoms with Gasteiger partial charge in [0.25, 0.3) is 0 Å². The van der Waals surface area contributed by atoms with E-state index in [1.807, 2.05) is 0 Å². The number of hydrogen-bond donors (Lipinski definition) is 6. The van der Waals surface area contributed by atoms with Gasteiger partial charge in [-0.05, 0) is 0 Å². The number of rotatable bonds is 4. The van der Waals surface area contributed by atoms with Gasteiger partial charge in [0, 0.05) is 0 Å². The lowest BCUT2D eigenvalue weighted by Crippen LogP contribution is -2.36. The van der Waals surface area contributed by atoms with Crippen LogP contribution >= 0.6 is 7.82 Å². The quantitative estimate of drug-likeness (QED) is 0.181. The number of ether oxygens (including phenoxy) is 1. The van der Waals surface area contributed by atoms with Crippen molar-refractivity contribution in [2.45, 2.75) is 12.5 Å². The Morgan fingerprint density at radius 3 is 1.75 bits per heavy atom. The van der Waals surface area contributed by atoms with Crippen LogP contribution in [-0.2, 0) is 23.4 Å². The highest BCUT2D eigenvalue weighted by atomic mass is 31.2. The van der Waals surface area contributed by atoms with Crippen LogP contribution in [0.25, 0.3) is 0 Å². The molecule has 0 aliphatic heterocycles. The first kappa shape index (κ1) is 20.1. The molecular weight excluding hydrogens is 305 g/mol. The Hall–Kier alpha value is -2.21. The maximum Gasteiger partial charge on any atom is 0.528 e. The van der Waals surface area contributed by atoms with Gasteiger partial charge in [-0.1, -0.05) is 0 Å². The summed E-state index contributed by atoms with van der Waals surface area (Å²) in [6, 6.07) is -1.37. The summed E-state index contributed by atoms with van der Waals surface area (Å²) in [5, 5.41) is 8.16. The number of esters is 1. The van der Waals surface area contributed by atoms with Crippen LogP contribution in [0.2, 0.25) is 0 Å². The third-order valence-electron chi connectivity index (χ3n) is 1.11. The molecule has 13 nitrogen and oxygen atoms in total. The topological polar surface area (TPSA) is 243 Å². The number of hydrogen-bond acceptors (Lipinski definition) is 8. The van der Waals surface area contributed by atoms with Gasteiger partial charge in [0.2, 0.25) is 0 Å². The summed E-state index contributed by atoms with van der Waals surface area (Å²) >= 11 is 0.